The molecular weight excluding hydrogens is 254 g/mol. The maximum absolute atomic E-state index is 11.5. The fraction of sp³-hybridized carbons (Fsp3) is 0.417. The van der Waals surface area contributed by atoms with Gasteiger partial charge in [-0.05, 0) is 25.1 Å². The van der Waals surface area contributed by atoms with Crippen molar-refractivity contribution in [3.63, 3.8) is 0 Å². The van der Waals surface area contributed by atoms with Gasteiger partial charge in [0.25, 0.3) is 0 Å². The quantitative estimate of drug-likeness (QED) is 0.867. The van der Waals surface area contributed by atoms with Gasteiger partial charge in [0, 0.05) is 18.3 Å². The monoisotopic (exact) mass is 269 g/mol. The van der Waals surface area contributed by atoms with Gasteiger partial charge >= 0.3 is 5.97 Å². The number of carbonyl (C=O) groups is 1. The van der Waals surface area contributed by atoms with E-state index >= 15 is 0 Å². The van der Waals surface area contributed by atoms with E-state index in [1.807, 2.05) is 11.8 Å². The molecular formula is C12H15NO4S. The molecule has 0 saturated carbocycles. The molecule has 18 heavy (non-hydrogen) atoms. The first-order chi connectivity index (χ1) is 8.39. The van der Waals surface area contributed by atoms with Crippen molar-refractivity contribution in [3.8, 4) is 0 Å². The second-order valence-corrected chi connectivity index (χ2v) is 6.74. The molecule has 1 heterocycles. The van der Waals surface area contributed by atoms with Gasteiger partial charge in [-0.2, -0.15) is 0 Å². The van der Waals surface area contributed by atoms with Crippen LogP contribution in [0.3, 0.4) is 0 Å². The van der Waals surface area contributed by atoms with E-state index in [4.69, 9.17) is 5.11 Å². The lowest BCUT2D eigenvalue weighted by Gasteiger charge is -2.35. The van der Waals surface area contributed by atoms with Crippen LogP contribution in [-0.4, -0.2) is 43.6 Å². The molecule has 0 amide bonds. The summed E-state index contributed by atoms with van der Waals surface area (Å²) in [5.74, 6) is -0.743. The number of anilines is 1. The highest BCUT2D eigenvalue weighted by Gasteiger charge is 2.28. The fourth-order valence-electron chi connectivity index (χ4n) is 2.20. The lowest BCUT2D eigenvalue weighted by Crippen LogP contribution is -2.47. The van der Waals surface area contributed by atoms with Crippen LogP contribution < -0.4 is 4.90 Å². The van der Waals surface area contributed by atoms with Crippen molar-refractivity contribution in [2.45, 2.75) is 13.0 Å². The average Bonchev–Trinajstić information content (AvgIpc) is 2.28. The second kappa shape index (κ2) is 4.61. The highest BCUT2D eigenvalue weighted by Crippen LogP contribution is 2.22. The lowest BCUT2D eigenvalue weighted by molar-refractivity contribution is 0.0697. The van der Waals surface area contributed by atoms with Crippen molar-refractivity contribution >= 4 is 21.5 Å². The third-order valence-corrected chi connectivity index (χ3v) is 4.89. The predicted octanol–water partition coefficient (Wildman–Crippen LogP) is 1.01. The zero-order valence-corrected chi connectivity index (χ0v) is 10.9. The van der Waals surface area contributed by atoms with E-state index in [-0.39, 0.29) is 23.1 Å². The summed E-state index contributed by atoms with van der Waals surface area (Å²) in [4.78, 5) is 12.8. The summed E-state index contributed by atoms with van der Waals surface area (Å²) in [6.45, 7) is 2.25. The van der Waals surface area contributed by atoms with E-state index in [0.717, 1.165) is 5.69 Å². The minimum Gasteiger partial charge on any atom is -0.478 e. The zero-order valence-electron chi connectivity index (χ0n) is 10.0. The van der Waals surface area contributed by atoms with Crippen LogP contribution in [0.1, 0.15) is 17.3 Å². The van der Waals surface area contributed by atoms with Crippen LogP contribution in [0.4, 0.5) is 5.69 Å². The Morgan fingerprint density at radius 2 is 2.17 bits per heavy atom. The van der Waals surface area contributed by atoms with Crippen molar-refractivity contribution in [2.75, 3.05) is 23.0 Å². The van der Waals surface area contributed by atoms with Gasteiger partial charge in [0.15, 0.2) is 9.84 Å². The van der Waals surface area contributed by atoms with Crippen molar-refractivity contribution in [3.05, 3.63) is 29.8 Å². The van der Waals surface area contributed by atoms with Crippen LogP contribution in [0.25, 0.3) is 0 Å². The molecule has 0 bridgehead atoms. The van der Waals surface area contributed by atoms with Gasteiger partial charge in [0.2, 0.25) is 0 Å². The maximum atomic E-state index is 11.5. The number of nitrogens with zero attached hydrogens (tertiary/aromatic N) is 1. The summed E-state index contributed by atoms with van der Waals surface area (Å²) in [5, 5.41) is 8.94. The summed E-state index contributed by atoms with van der Waals surface area (Å²) in [7, 11) is -2.96. The van der Waals surface area contributed by atoms with Gasteiger partial charge in [-0.1, -0.05) is 6.07 Å². The Kier molecular flexibility index (Phi) is 3.30. The highest BCUT2D eigenvalue weighted by atomic mass is 32.2. The number of carboxylic acid groups (broad SMARTS) is 1. The summed E-state index contributed by atoms with van der Waals surface area (Å²) in [6, 6.07) is 6.46. The molecule has 1 aliphatic rings. The Morgan fingerprint density at radius 1 is 1.44 bits per heavy atom. The predicted molar refractivity (Wildman–Crippen MR) is 68.9 cm³/mol. The molecule has 1 aliphatic heterocycles. The summed E-state index contributed by atoms with van der Waals surface area (Å²) < 4.78 is 23.0. The van der Waals surface area contributed by atoms with E-state index in [1.165, 1.54) is 6.07 Å². The Hall–Kier alpha value is -1.56. The Balaban J connectivity index is 2.27. The van der Waals surface area contributed by atoms with E-state index in [2.05, 4.69) is 0 Å². The van der Waals surface area contributed by atoms with Crippen LogP contribution >= 0.6 is 0 Å². The molecule has 0 aromatic heterocycles. The third-order valence-electron chi connectivity index (χ3n) is 3.10. The minimum atomic E-state index is -2.96. The van der Waals surface area contributed by atoms with Crippen LogP contribution in [0.2, 0.25) is 0 Å². The van der Waals surface area contributed by atoms with Gasteiger partial charge in [0.1, 0.15) is 0 Å². The van der Waals surface area contributed by atoms with Crippen LogP contribution in [0, 0.1) is 0 Å². The molecule has 1 aromatic rings. The number of carboxylic acids is 1. The lowest BCUT2D eigenvalue weighted by atomic mass is 10.1. The molecule has 0 radical (unpaired) electrons. The van der Waals surface area contributed by atoms with E-state index in [0.29, 0.717) is 6.54 Å². The molecule has 5 nitrogen and oxygen atoms in total. The first-order valence-corrected chi connectivity index (χ1v) is 7.51. The van der Waals surface area contributed by atoms with Crippen molar-refractivity contribution in [1.82, 2.24) is 0 Å². The normalized spacial score (nSPS) is 22.7. The van der Waals surface area contributed by atoms with Gasteiger partial charge in [-0.25, -0.2) is 13.2 Å². The van der Waals surface area contributed by atoms with Crippen molar-refractivity contribution < 1.29 is 18.3 Å². The van der Waals surface area contributed by atoms with Crippen LogP contribution in [0.5, 0.6) is 0 Å². The number of sulfone groups is 1. The molecule has 6 heteroatoms. The molecule has 1 aromatic carbocycles. The second-order valence-electron chi connectivity index (χ2n) is 4.51. The Bertz CT molecular complexity index is 567. The van der Waals surface area contributed by atoms with Gasteiger partial charge in [-0.15, -0.1) is 0 Å². The van der Waals surface area contributed by atoms with Gasteiger partial charge in [-0.3, -0.25) is 0 Å². The first-order valence-electron chi connectivity index (χ1n) is 5.69. The molecule has 1 fully saturated rings. The van der Waals surface area contributed by atoms with Crippen LogP contribution in [-0.2, 0) is 9.84 Å². The number of hydrogen-bond acceptors (Lipinski definition) is 4. The highest BCUT2D eigenvalue weighted by molar-refractivity contribution is 7.91. The number of benzene rings is 1. The standard InChI is InChI=1S/C12H15NO4S/c1-9-8-18(16,17)6-5-13(9)11-4-2-3-10(7-11)12(14)15/h2-4,7,9H,5-6,8H2,1H3,(H,14,15). The van der Waals surface area contributed by atoms with E-state index in [1.54, 1.807) is 18.2 Å². The SMILES string of the molecule is CC1CS(=O)(=O)CCN1c1cccc(C(=O)O)c1. The summed E-state index contributed by atoms with van der Waals surface area (Å²) in [5.41, 5.74) is 0.977. The van der Waals surface area contributed by atoms with Gasteiger partial charge < -0.3 is 10.0 Å². The first kappa shape index (κ1) is 12.9. The Morgan fingerprint density at radius 3 is 2.78 bits per heavy atom. The topological polar surface area (TPSA) is 74.7 Å². The fourth-order valence-corrected chi connectivity index (χ4v) is 3.76. The van der Waals surface area contributed by atoms with Gasteiger partial charge in [0.05, 0.1) is 17.1 Å². The number of aromatic carboxylic acids is 1. The van der Waals surface area contributed by atoms with Crippen LogP contribution in [0.15, 0.2) is 24.3 Å². The minimum absolute atomic E-state index is 0.115. The van der Waals surface area contributed by atoms with E-state index in [9.17, 15) is 13.2 Å². The number of rotatable bonds is 2. The molecule has 2 rings (SSSR count). The third kappa shape index (κ3) is 2.64. The molecule has 1 N–H and O–H groups in total. The number of hydrogen-bond donors (Lipinski definition) is 1. The molecule has 0 aliphatic carbocycles. The molecule has 0 spiro atoms. The summed E-state index contributed by atoms with van der Waals surface area (Å²) in [6.07, 6.45) is 0. The molecule has 1 atom stereocenters. The zero-order chi connectivity index (χ0) is 13.3. The van der Waals surface area contributed by atoms with E-state index < -0.39 is 15.8 Å². The molecule has 1 unspecified atom stereocenters. The van der Waals surface area contributed by atoms with Crippen molar-refractivity contribution in [1.29, 1.82) is 0 Å². The van der Waals surface area contributed by atoms with Crippen molar-refractivity contribution in [2.24, 2.45) is 0 Å². The molecule has 1 saturated heterocycles. The summed E-state index contributed by atoms with van der Waals surface area (Å²) >= 11 is 0. The maximum Gasteiger partial charge on any atom is 0.335 e. The average molecular weight is 269 g/mol. The largest absolute Gasteiger partial charge is 0.478 e. The smallest absolute Gasteiger partial charge is 0.335 e. The molecule has 98 valence electrons. The Labute approximate surface area is 106 Å².